The molecule has 0 saturated carbocycles. The molecule has 0 aromatic rings. The molecule has 0 fully saturated rings. The van der Waals surface area contributed by atoms with E-state index in [0.717, 1.165) is 24.4 Å². The minimum atomic E-state index is 0.978. The molecule has 0 unspecified atom stereocenters. The van der Waals surface area contributed by atoms with E-state index < -0.39 is 0 Å². The monoisotopic (exact) mass is 154 g/mol. The number of ether oxygens (including phenoxy) is 1. The van der Waals surface area contributed by atoms with E-state index in [2.05, 4.69) is 6.92 Å². The van der Waals surface area contributed by atoms with Crippen LogP contribution < -0.4 is 0 Å². The van der Waals surface area contributed by atoms with Crippen LogP contribution in [0.4, 0.5) is 0 Å². The molecule has 0 atom stereocenters. The van der Waals surface area contributed by atoms with Crippen LogP contribution >= 0.6 is 0 Å². The van der Waals surface area contributed by atoms with Crippen molar-refractivity contribution >= 4 is 0 Å². The molecule has 0 spiro atoms. The molecule has 1 nitrogen and oxygen atoms in total. The van der Waals surface area contributed by atoms with Crippen molar-refractivity contribution in [1.29, 1.82) is 0 Å². The average molecular weight is 154 g/mol. The van der Waals surface area contributed by atoms with Gasteiger partial charge in [0, 0.05) is 6.42 Å². The van der Waals surface area contributed by atoms with Gasteiger partial charge >= 0.3 is 0 Å². The summed E-state index contributed by atoms with van der Waals surface area (Å²) >= 11 is 0. The first-order chi connectivity index (χ1) is 5.24. The van der Waals surface area contributed by atoms with Crippen molar-refractivity contribution in [2.45, 2.75) is 40.5 Å². The maximum Gasteiger partial charge on any atom is 0.0993 e. The average Bonchev–Trinajstić information content (AvgIpc) is 2.03. The number of hydrogen-bond acceptors (Lipinski definition) is 1. The van der Waals surface area contributed by atoms with Crippen LogP contribution in [-0.2, 0) is 4.74 Å². The molecule has 0 N–H and O–H groups in total. The third-order valence-corrected chi connectivity index (χ3v) is 1.52. The van der Waals surface area contributed by atoms with Gasteiger partial charge in [-0.05, 0) is 39.3 Å². The highest BCUT2D eigenvalue weighted by atomic mass is 16.5. The highest BCUT2D eigenvalue weighted by Gasteiger charge is 1.95. The van der Waals surface area contributed by atoms with E-state index in [0.29, 0.717) is 0 Å². The van der Waals surface area contributed by atoms with Crippen LogP contribution in [0.15, 0.2) is 23.7 Å². The van der Waals surface area contributed by atoms with E-state index in [-0.39, 0.29) is 0 Å². The highest BCUT2D eigenvalue weighted by molar-refractivity contribution is 4.97. The molecule has 0 heterocycles. The Morgan fingerprint density at radius 2 is 1.91 bits per heavy atom. The smallest absolute Gasteiger partial charge is 0.0993 e. The van der Waals surface area contributed by atoms with Gasteiger partial charge in [-0.3, -0.25) is 0 Å². The minimum Gasteiger partial charge on any atom is -0.467 e. The standard InChI is InChI=1S/C10H18O/c1-5-8-10(7-3)11-9(4)6-2/h6-7H,5,8H2,1-4H3/b9-6-,10-7-. The van der Waals surface area contributed by atoms with Crippen LogP contribution in [0.5, 0.6) is 0 Å². The Morgan fingerprint density at radius 3 is 2.27 bits per heavy atom. The van der Waals surface area contributed by atoms with Gasteiger partial charge in [0.05, 0.1) is 11.5 Å². The molecule has 0 amide bonds. The summed E-state index contributed by atoms with van der Waals surface area (Å²) in [6, 6.07) is 0. The summed E-state index contributed by atoms with van der Waals surface area (Å²) < 4.78 is 5.51. The first kappa shape index (κ1) is 10.3. The lowest BCUT2D eigenvalue weighted by molar-refractivity contribution is 0.290. The first-order valence-corrected chi connectivity index (χ1v) is 4.20. The van der Waals surface area contributed by atoms with Crippen molar-refractivity contribution in [2.75, 3.05) is 0 Å². The Bertz CT molecular complexity index is 154. The second-order valence-electron chi connectivity index (χ2n) is 2.51. The van der Waals surface area contributed by atoms with Crippen LogP contribution in [0.1, 0.15) is 40.5 Å². The summed E-state index contributed by atoms with van der Waals surface area (Å²) in [6.45, 7) is 8.11. The fourth-order valence-corrected chi connectivity index (χ4v) is 0.766. The summed E-state index contributed by atoms with van der Waals surface area (Å²) in [5, 5.41) is 0. The largest absolute Gasteiger partial charge is 0.467 e. The fraction of sp³-hybridized carbons (Fsp3) is 0.600. The summed E-state index contributed by atoms with van der Waals surface area (Å²) in [4.78, 5) is 0. The third-order valence-electron chi connectivity index (χ3n) is 1.52. The normalized spacial score (nSPS) is 13.5. The zero-order valence-electron chi connectivity index (χ0n) is 7.98. The Labute approximate surface area is 69.8 Å². The van der Waals surface area contributed by atoms with Crippen molar-refractivity contribution in [3.8, 4) is 0 Å². The Hall–Kier alpha value is -0.720. The molecular weight excluding hydrogens is 136 g/mol. The molecule has 0 radical (unpaired) electrons. The Kier molecular flexibility index (Phi) is 5.63. The first-order valence-electron chi connectivity index (χ1n) is 4.20. The molecule has 0 aromatic heterocycles. The quantitative estimate of drug-likeness (QED) is 0.562. The molecule has 0 aliphatic rings. The van der Waals surface area contributed by atoms with Gasteiger partial charge in [-0.15, -0.1) is 0 Å². The molecule has 11 heavy (non-hydrogen) atoms. The maximum atomic E-state index is 5.51. The third kappa shape index (κ3) is 4.65. The number of rotatable bonds is 4. The van der Waals surface area contributed by atoms with Gasteiger partial charge in [0.1, 0.15) is 0 Å². The van der Waals surface area contributed by atoms with Crippen molar-refractivity contribution < 1.29 is 4.74 Å². The summed E-state index contributed by atoms with van der Waals surface area (Å²) in [5.74, 6) is 2.05. The van der Waals surface area contributed by atoms with Gasteiger partial charge in [0.2, 0.25) is 0 Å². The summed E-state index contributed by atoms with van der Waals surface area (Å²) in [5.41, 5.74) is 0. The van der Waals surface area contributed by atoms with Crippen LogP contribution in [-0.4, -0.2) is 0 Å². The van der Waals surface area contributed by atoms with E-state index in [1.165, 1.54) is 0 Å². The van der Waals surface area contributed by atoms with Gasteiger partial charge in [-0.2, -0.15) is 0 Å². The predicted molar refractivity (Wildman–Crippen MR) is 49.2 cm³/mol. The van der Waals surface area contributed by atoms with Gasteiger partial charge in [-0.25, -0.2) is 0 Å². The Morgan fingerprint density at radius 1 is 1.27 bits per heavy atom. The van der Waals surface area contributed by atoms with E-state index in [9.17, 15) is 0 Å². The van der Waals surface area contributed by atoms with Gasteiger partial charge in [0.15, 0.2) is 0 Å². The predicted octanol–water partition coefficient (Wildman–Crippen LogP) is 3.63. The molecular formula is C10H18O. The lowest BCUT2D eigenvalue weighted by Crippen LogP contribution is -1.89. The van der Waals surface area contributed by atoms with E-state index >= 15 is 0 Å². The van der Waals surface area contributed by atoms with Gasteiger partial charge in [-0.1, -0.05) is 6.92 Å². The molecule has 1 heteroatoms. The second-order valence-corrected chi connectivity index (χ2v) is 2.51. The second kappa shape index (κ2) is 6.02. The summed E-state index contributed by atoms with van der Waals surface area (Å²) in [7, 11) is 0. The molecule has 0 bridgehead atoms. The molecule has 0 rings (SSSR count). The van der Waals surface area contributed by atoms with Crippen molar-refractivity contribution in [3.63, 3.8) is 0 Å². The Balaban J connectivity index is 3.89. The molecule has 0 aromatic carbocycles. The van der Waals surface area contributed by atoms with Crippen LogP contribution in [0.3, 0.4) is 0 Å². The van der Waals surface area contributed by atoms with Crippen molar-refractivity contribution in [3.05, 3.63) is 23.7 Å². The van der Waals surface area contributed by atoms with Crippen molar-refractivity contribution in [2.24, 2.45) is 0 Å². The molecule has 0 aliphatic carbocycles. The maximum absolute atomic E-state index is 5.51. The molecule has 64 valence electrons. The number of hydrogen-bond donors (Lipinski definition) is 0. The number of allylic oxidation sites excluding steroid dienone is 4. The zero-order chi connectivity index (χ0) is 8.69. The van der Waals surface area contributed by atoms with E-state index in [4.69, 9.17) is 4.74 Å². The van der Waals surface area contributed by atoms with Gasteiger partial charge < -0.3 is 4.74 Å². The SMILES string of the molecule is C/C=C(/C)O/C(=C\C)CCC. The van der Waals surface area contributed by atoms with Gasteiger partial charge in [0.25, 0.3) is 0 Å². The zero-order valence-corrected chi connectivity index (χ0v) is 7.98. The minimum absolute atomic E-state index is 0.978. The lowest BCUT2D eigenvalue weighted by atomic mass is 10.3. The van der Waals surface area contributed by atoms with E-state index in [1.54, 1.807) is 0 Å². The lowest BCUT2D eigenvalue weighted by Gasteiger charge is -2.07. The van der Waals surface area contributed by atoms with Crippen molar-refractivity contribution in [1.82, 2.24) is 0 Å². The highest BCUT2D eigenvalue weighted by Crippen LogP contribution is 2.11. The molecule has 0 saturated heterocycles. The van der Waals surface area contributed by atoms with Crippen LogP contribution in [0.25, 0.3) is 0 Å². The molecule has 0 aliphatic heterocycles. The van der Waals surface area contributed by atoms with Crippen LogP contribution in [0.2, 0.25) is 0 Å². The fourth-order valence-electron chi connectivity index (χ4n) is 0.766. The van der Waals surface area contributed by atoms with Crippen LogP contribution in [0, 0.1) is 0 Å². The summed E-state index contributed by atoms with van der Waals surface area (Å²) in [6.07, 6.45) is 6.16. The topological polar surface area (TPSA) is 9.23 Å². The van der Waals surface area contributed by atoms with E-state index in [1.807, 2.05) is 32.9 Å².